The first-order valence-corrected chi connectivity index (χ1v) is 12.3. The summed E-state index contributed by atoms with van der Waals surface area (Å²) in [6.07, 6.45) is 8.99. The summed E-state index contributed by atoms with van der Waals surface area (Å²) in [4.78, 5) is 45.4. The first kappa shape index (κ1) is 24.1. The lowest BCUT2D eigenvalue weighted by Crippen LogP contribution is -2.40. The second kappa shape index (κ2) is 10.1. The third-order valence-corrected chi connectivity index (χ3v) is 7.38. The molecule has 4 atom stereocenters. The summed E-state index contributed by atoms with van der Waals surface area (Å²) in [7, 11) is 7.34. The summed E-state index contributed by atoms with van der Waals surface area (Å²) >= 11 is 0. The van der Waals surface area contributed by atoms with E-state index in [9.17, 15) is 14.4 Å². The molecule has 1 N–H and O–H groups in total. The average Bonchev–Trinajstić information content (AvgIpc) is 3.49. The molecule has 1 aliphatic heterocycles. The second-order valence-electron chi connectivity index (χ2n) is 10.2. The van der Waals surface area contributed by atoms with Crippen molar-refractivity contribution in [2.24, 2.45) is 17.8 Å². The van der Waals surface area contributed by atoms with Crippen LogP contribution in [0.2, 0.25) is 0 Å². The summed E-state index contributed by atoms with van der Waals surface area (Å²) in [6.45, 7) is 1.18. The summed E-state index contributed by atoms with van der Waals surface area (Å²) in [5.41, 5.74) is 1.64. The number of nitrogens with one attached hydrogen (secondary N) is 1. The molecule has 1 saturated carbocycles. The molecule has 3 aliphatic rings. The number of allylic oxidation sites excluding steroid dienone is 2. The van der Waals surface area contributed by atoms with Crippen molar-refractivity contribution >= 4 is 29.3 Å². The summed E-state index contributed by atoms with van der Waals surface area (Å²) in [5.74, 6) is 1.42. The van der Waals surface area contributed by atoms with Crippen LogP contribution in [0, 0.1) is 17.8 Å². The van der Waals surface area contributed by atoms with Crippen molar-refractivity contribution < 1.29 is 14.4 Å². The third-order valence-electron chi connectivity index (χ3n) is 7.38. The van der Waals surface area contributed by atoms with Crippen molar-refractivity contribution in [3.63, 3.8) is 0 Å². The molecular formula is C26H37N5O3. The molecule has 8 nitrogen and oxygen atoms in total. The van der Waals surface area contributed by atoms with Gasteiger partial charge < -0.3 is 20.0 Å². The number of carbonyl (C=O) groups is 3. The van der Waals surface area contributed by atoms with E-state index in [1.54, 1.807) is 14.1 Å². The molecule has 2 fully saturated rings. The van der Waals surface area contributed by atoms with Crippen LogP contribution in [0.4, 0.5) is 21.0 Å². The number of hydrogen-bond acceptors (Lipinski definition) is 4. The number of urea groups is 2. The van der Waals surface area contributed by atoms with Gasteiger partial charge in [-0.1, -0.05) is 12.2 Å². The van der Waals surface area contributed by atoms with Gasteiger partial charge in [0, 0.05) is 47.0 Å². The maximum Gasteiger partial charge on any atom is 0.332 e. The van der Waals surface area contributed by atoms with E-state index in [0.29, 0.717) is 43.0 Å². The Balaban J connectivity index is 1.45. The Hall–Kier alpha value is -3.03. The number of anilines is 2. The van der Waals surface area contributed by atoms with Crippen molar-refractivity contribution in [2.75, 3.05) is 51.1 Å². The zero-order valence-corrected chi connectivity index (χ0v) is 20.7. The van der Waals surface area contributed by atoms with Gasteiger partial charge in [0.05, 0.1) is 5.69 Å². The molecule has 1 saturated heterocycles. The second-order valence-corrected chi connectivity index (χ2v) is 10.2. The number of hydrogen-bond donors (Lipinski definition) is 1. The standard InChI is InChI=1S/C26H37N5O3/c1-28(2)21-10-12-22(13-11-21)31-24(32)23(7-5-6-14-27-25(33)29(3)4)30(26(31)34)17-20-16-18-8-9-19(20)15-18/h8-13,18-20,23H,5-7,14-17H2,1-4H3,(H,27,33)/t18?,19?,20?,23-/m0/s1. The SMILES string of the molecule is CN(C)C(=O)NCCCC[C@H]1C(=O)N(c2ccc(N(C)C)cc2)C(=O)N1CC1CC2C=CC1C2. The molecule has 1 aromatic rings. The predicted octanol–water partition coefficient (Wildman–Crippen LogP) is 3.54. The van der Waals surface area contributed by atoms with Gasteiger partial charge in [0.25, 0.3) is 5.91 Å². The smallest absolute Gasteiger partial charge is 0.332 e. The molecular weight excluding hydrogens is 430 g/mol. The molecule has 2 aliphatic carbocycles. The zero-order chi connectivity index (χ0) is 24.4. The number of nitrogens with zero attached hydrogens (tertiary/aromatic N) is 4. The van der Waals surface area contributed by atoms with Crippen molar-refractivity contribution in [3.05, 3.63) is 36.4 Å². The van der Waals surface area contributed by atoms with E-state index in [0.717, 1.165) is 24.9 Å². The minimum atomic E-state index is -0.450. The Kier molecular flexibility index (Phi) is 7.14. The minimum absolute atomic E-state index is 0.120. The van der Waals surface area contributed by atoms with E-state index in [4.69, 9.17) is 0 Å². The Morgan fingerprint density at radius 1 is 1.03 bits per heavy atom. The molecule has 3 unspecified atom stereocenters. The van der Waals surface area contributed by atoms with E-state index in [2.05, 4.69) is 17.5 Å². The van der Waals surface area contributed by atoms with Crippen LogP contribution in [0.25, 0.3) is 0 Å². The van der Waals surface area contributed by atoms with Gasteiger partial charge in [0.1, 0.15) is 6.04 Å². The fourth-order valence-corrected chi connectivity index (χ4v) is 5.43. The van der Waals surface area contributed by atoms with Crippen LogP contribution in [-0.4, -0.2) is 75.1 Å². The van der Waals surface area contributed by atoms with E-state index in [1.165, 1.54) is 16.2 Å². The molecule has 184 valence electrons. The molecule has 1 aromatic carbocycles. The van der Waals surface area contributed by atoms with Gasteiger partial charge in [-0.05, 0) is 74.1 Å². The quantitative estimate of drug-likeness (QED) is 0.342. The summed E-state index contributed by atoms with van der Waals surface area (Å²) < 4.78 is 0. The van der Waals surface area contributed by atoms with Crippen molar-refractivity contribution in [1.82, 2.24) is 15.1 Å². The van der Waals surface area contributed by atoms with Crippen LogP contribution in [-0.2, 0) is 4.79 Å². The van der Waals surface area contributed by atoms with Crippen molar-refractivity contribution in [1.29, 1.82) is 0 Å². The molecule has 0 spiro atoms. The lowest BCUT2D eigenvalue weighted by atomic mass is 9.92. The number of fused-ring (bicyclic) bond motifs is 2. The van der Waals surface area contributed by atoms with Crippen LogP contribution < -0.4 is 15.1 Å². The maximum atomic E-state index is 13.5. The Bertz CT molecular complexity index is 942. The van der Waals surface area contributed by atoms with Crippen LogP contribution in [0.1, 0.15) is 32.1 Å². The lowest BCUT2D eigenvalue weighted by molar-refractivity contribution is -0.120. The number of benzene rings is 1. The van der Waals surface area contributed by atoms with E-state index in [-0.39, 0.29) is 18.0 Å². The molecule has 1 heterocycles. The molecule has 5 amide bonds. The van der Waals surface area contributed by atoms with Crippen LogP contribution >= 0.6 is 0 Å². The van der Waals surface area contributed by atoms with Crippen molar-refractivity contribution in [3.8, 4) is 0 Å². The molecule has 0 radical (unpaired) electrons. The Labute approximate surface area is 202 Å². The Morgan fingerprint density at radius 2 is 1.76 bits per heavy atom. The number of rotatable bonds is 9. The number of amides is 5. The van der Waals surface area contributed by atoms with Crippen LogP contribution in [0.3, 0.4) is 0 Å². The fourth-order valence-electron chi connectivity index (χ4n) is 5.43. The number of unbranched alkanes of at least 4 members (excludes halogenated alkanes) is 1. The lowest BCUT2D eigenvalue weighted by Gasteiger charge is -2.28. The molecule has 8 heteroatoms. The van der Waals surface area contributed by atoms with Gasteiger partial charge in [-0.15, -0.1) is 0 Å². The van der Waals surface area contributed by atoms with E-state index in [1.807, 2.05) is 48.2 Å². The van der Waals surface area contributed by atoms with Crippen LogP contribution in [0.15, 0.2) is 36.4 Å². The molecule has 0 aromatic heterocycles. The van der Waals surface area contributed by atoms with E-state index >= 15 is 0 Å². The van der Waals surface area contributed by atoms with Crippen LogP contribution in [0.5, 0.6) is 0 Å². The highest BCUT2D eigenvalue weighted by atomic mass is 16.2. The third kappa shape index (κ3) is 4.91. The topological polar surface area (TPSA) is 76.2 Å². The first-order valence-electron chi connectivity index (χ1n) is 12.3. The minimum Gasteiger partial charge on any atom is -0.378 e. The highest BCUT2D eigenvalue weighted by Gasteiger charge is 2.48. The summed E-state index contributed by atoms with van der Waals surface area (Å²) in [6, 6.07) is 6.79. The monoisotopic (exact) mass is 467 g/mol. The Morgan fingerprint density at radius 3 is 2.35 bits per heavy atom. The maximum absolute atomic E-state index is 13.5. The van der Waals surface area contributed by atoms with Gasteiger partial charge in [-0.2, -0.15) is 0 Å². The first-order chi connectivity index (χ1) is 16.3. The van der Waals surface area contributed by atoms with Crippen molar-refractivity contribution in [2.45, 2.75) is 38.1 Å². The highest BCUT2D eigenvalue weighted by molar-refractivity contribution is 6.21. The normalized spacial score (nSPS) is 25.4. The zero-order valence-electron chi connectivity index (χ0n) is 20.7. The largest absolute Gasteiger partial charge is 0.378 e. The molecule has 34 heavy (non-hydrogen) atoms. The van der Waals surface area contributed by atoms with E-state index < -0.39 is 6.04 Å². The molecule has 2 bridgehead atoms. The summed E-state index contributed by atoms with van der Waals surface area (Å²) in [5, 5.41) is 2.86. The highest BCUT2D eigenvalue weighted by Crippen LogP contribution is 2.44. The number of imide groups is 1. The fraction of sp³-hybridized carbons (Fsp3) is 0.577. The average molecular weight is 468 g/mol. The van der Waals surface area contributed by atoms with Gasteiger partial charge in [0.2, 0.25) is 0 Å². The predicted molar refractivity (Wildman–Crippen MR) is 134 cm³/mol. The molecule has 4 rings (SSSR count). The number of carbonyl (C=O) groups excluding carboxylic acids is 3. The van der Waals surface area contributed by atoms with Gasteiger partial charge in [-0.25, -0.2) is 14.5 Å². The van der Waals surface area contributed by atoms with Gasteiger partial charge in [-0.3, -0.25) is 4.79 Å². The van der Waals surface area contributed by atoms with Gasteiger partial charge >= 0.3 is 12.1 Å². The van der Waals surface area contributed by atoms with Gasteiger partial charge in [0.15, 0.2) is 0 Å².